The maximum Gasteiger partial charge on any atom is 0.433 e. The van der Waals surface area contributed by atoms with Crippen molar-refractivity contribution >= 4 is 0 Å². The molecule has 4 aromatic rings. The van der Waals surface area contributed by atoms with Gasteiger partial charge in [-0.15, -0.1) is 0 Å². The Hall–Kier alpha value is -3.88. The van der Waals surface area contributed by atoms with E-state index in [1.165, 1.54) is 25.1 Å². The first kappa shape index (κ1) is 24.8. The molecule has 0 unspecified atom stereocenters. The standard InChI is InChI=1S/C28H27F3N4O2/c1-17-4-8-21(14-32-17)27-34-26(18(2)35(27)15-19-5-6-19)23-10-9-22(12-24(23)36-3)37-16-20-7-11-25(33-13-20)28(29,30)31/h4,7-14,19H,5-6,15-16H2,1-3H3. The maximum atomic E-state index is 12.7. The van der Waals surface area contributed by atoms with Crippen LogP contribution < -0.4 is 9.47 Å². The van der Waals surface area contributed by atoms with E-state index in [4.69, 9.17) is 14.5 Å². The minimum absolute atomic E-state index is 0.0766. The zero-order chi connectivity index (χ0) is 26.2. The third kappa shape index (κ3) is 5.45. The number of rotatable bonds is 8. The molecule has 1 aliphatic carbocycles. The van der Waals surface area contributed by atoms with Gasteiger partial charge < -0.3 is 14.0 Å². The molecule has 0 radical (unpaired) electrons. The normalized spacial score (nSPS) is 13.6. The van der Waals surface area contributed by atoms with E-state index in [0.717, 1.165) is 46.6 Å². The fraction of sp³-hybridized carbons (Fsp3) is 0.321. The van der Waals surface area contributed by atoms with Gasteiger partial charge in [0, 0.05) is 53.1 Å². The Kier molecular flexibility index (Phi) is 6.62. The quantitative estimate of drug-likeness (QED) is 0.267. The molecule has 0 N–H and O–H groups in total. The average Bonchev–Trinajstić information content (AvgIpc) is 3.66. The number of aryl methyl sites for hydroxylation is 1. The highest BCUT2D eigenvalue weighted by atomic mass is 19.4. The third-order valence-corrected chi connectivity index (χ3v) is 6.48. The lowest BCUT2D eigenvalue weighted by molar-refractivity contribution is -0.141. The molecule has 3 heterocycles. The number of aromatic nitrogens is 4. The number of ether oxygens (including phenoxy) is 2. The second-order valence-electron chi connectivity index (χ2n) is 9.31. The Bertz CT molecular complexity index is 1390. The number of hydrogen-bond acceptors (Lipinski definition) is 5. The van der Waals surface area contributed by atoms with Crippen molar-refractivity contribution in [2.45, 2.75) is 46.0 Å². The Morgan fingerprint density at radius 1 is 1.00 bits per heavy atom. The average molecular weight is 509 g/mol. The predicted molar refractivity (Wildman–Crippen MR) is 133 cm³/mol. The largest absolute Gasteiger partial charge is 0.496 e. The SMILES string of the molecule is COc1cc(OCc2ccc(C(F)(F)F)nc2)ccc1-c1nc(-c2ccc(C)nc2)n(CC2CC2)c1C. The van der Waals surface area contributed by atoms with E-state index in [2.05, 4.69) is 21.5 Å². The van der Waals surface area contributed by atoms with Gasteiger partial charge in [0.15, 0.2) is 0 Å². The van der Waals surface area contributed by atoms with Crippen LogP contribution in [-0.4, -0.2) is 26.6 Å². The van der Waals surface area contributed by atoms with Gasteiger partial charge in [-0.3, -0.25) is 9.97 Å². The van der Waals surface area contributed by atoms with E-state index in [1.807, 2.05) is 37.4 Å². The van der Waals surface area contributed by atoms with Crippen LogP contribution in [0.3, 0.4) is 0 Å². The van der Waals surface area contributed by atoms with Crippen molar-refractivity contribution in [2.24, 2.45) is 5.92 Å². The summed E-state index contributed by atoms with van der Waals surface area (Å²) in [5.74, 6) is 2.66. The maximum absolute atomic E-state index is 12.7. The van der Waals surface area contributed by atoms with Gasteiger partial charge in [-0.2, -0.15) is 13.2 Å². The van der Waals surface area contributed by atoms with Crippen molar-refractivity contribution in [1.29, 1.82) is 0 Å². The summed E-state index contributed by atoms with van der Waals surface area (Å²) in [4.78, 5) is 13.0. The first-order valence-electron chi connectivity index (χ1n) is 12.1. The molecule has 5 rings (SSSR count). The minimum atomic E-state index is -4.47. The molecule has 0 spiro atoms. The van der Waals surface area contributed by atoms with E-state index < -0.39 is 11.9 Å². The van der Waals surface area contributed by atoms with Crippen LogP contribution in [0.15, 0.2) is 54.9 Å². The summed E-state index contributed by atoms with van der Waals surface area (Å²) in [7, 11) is 1.59. The second kappa shape index (κ2) is 9.88. The molecule has 1 aliphatic rings. The van der Waals surface area contributed by atoms with E-state index in [0.29, 0.717) is 23.0 Å². The second-order valence-corrected chi connectivity index (χ2v) is 9.31. The molecule has 37 heavy (non-hydrogen) atoms. The summed E-state index contributed by atoms with van der Waals surface area (Å²) < 4.78 is 52.0. The number of nitrogens with zero attached hydrogens (tertiary/aromatic N) is 4. The summed E-state index contributed by atoms with van der Waals surface area (Å²) in [6.45, 7) is 5.01. The monoisotopic (exact) mass is 508 g/mol. The Labute approximate surface area is 213 Å². The number of methoxy groups -OCH3 is 1. The lowest BCUT2D eigenvalue weighted by atomic mass is 10.1. The van der Waals surface area contributed by atoms with Crippen LogP contribution >= 0.6 is 0 Å². The smallest absolute Gasteiger partial charge is 0.433 e. The zero-order valence-corrected chi connectivity index (χ0v) is 20.8. The molecular weight excluding hydrogens is 481 g/mol. The summed E-state index contributed by atoms with van der Waals surface area (Å²) in [5, 5.41) is 0. The molecule has 6 nitrogen and oxygen atoms in total. The Morgan fingerprint density at radius 2 is 1.81 bits per heavy atom. The van der Waals surface area contributed by atoms with E-state index in [9.17, 15) is 13.2 Å². The van der Waals surface area contributed by atoms with E-state index in [1.54, 1.807) is 13.2 Å². The molecule has 1 aromatic carbocycles. The molecule has 0 aliphatic heterocycles. The summed E-state index contributed by atoms with van der Waals surface area (Å²) >= 11 is 0. The first-order chi connectivity index (χ1) is 17.7. The zero-order valence-electron chi connectivity index (χ0n) is 20.8. The molecule has 0 saturated heterocycles. The van der Waals surface area contributed by atoms with Gasteiger partial charge in [-0.1, -0.05) is 6.07 Å². The predicted octanol–water partition coefficient (Wildman–Crippen LogP) is 6.64. The fourth-order valence-electron chi connectivity index (χ4n) is 4.19. The van der Waals surface area contributed by atoms with Crippen molar-refractivity contribution in [3.05, 3.63) is 77.5 Å². The van der Waals surface area contributed by atoms with E-state index in [-0.39, 0.29) is 6.61 Å². The van der Waals surface area contributed by atoms with Crippen LogP contribution in [0.25, 0.3) is 22.6 Å². The van der Waals surface area contributed by atoms with Gasteiger partial charge in [0.2, 0.25) is 0 Å². The summed E-state index contributed by atoms with van der Waals surface area (Å²) in [5.41, 5.74) is 4.22. The van der Waals surface area contributed by atoms with Crippen molar-refractivity contribution in [1.82, 2.24) is 19.5 Å². The summed E-state index contributed by atoms with van der Waals surface area (Å²) in [6.07, 6.45) is 1.01. The van der Waals surface area contributed by atoms with Gasteiger partial charge in [0.1, 0.15) is 29.6 Å². The van der Waals surface area contributed by atoms with Crippen LogP contribution in [-0.2, 0) is 19.3 Å². The van der Waals surface area contributed by atoms with Gasteiger partial charge in [0.05, 0.1) is 12.8 Å². The van der Waals surface area contributed by atoms with Crippen LogP contribution in [0.2, 0.25) is 0 Å². The third-order valence-electron chi connectivity index (χ3n) is 6.48. The molecule has 3 aromatic heterocycles. The molecule has 1 saturated carbocycles. The van der Waals surface area contributed by atoms with Crippen LogP contribution in [0, 0.1) is 19.8 Å². The fourth-order valence-corrected chi connectivity index (χ4v) is 4.19. The molecular formula is C28H27F3N4O2. The van der Waals surface area contributed by atoms with Crippen molar-refractivity contribution in [3.8, 4) is 34.1 Å². The molecule has 0 atom stereocenters. The summed E-state index contributed by atoms with van der Waals surface area (Å²) in [6, 6.07) is 11.8. The highest BCUT2D eigenvalue weighted by molar-refractivity contribution is 5.73. The number of halogens is 3. The van der Waals surface area contributed by atoms with Gasteiger partial charge in [-0.25, -0.2) is 4.98 Å². The van der Waals surface area contributed by atoms with Crippen LogP contribution in [0.5, 0.6) is 11.5 Å². The van der Waals surface area contributed by atoms with Gasteiger partial charge in [-0.05, 0) is 62.9 Å². The highest BCUT2D eigenvalue weighted by Crippen LogP contribution is 2.39. The molecule has 1 fully saturated rings. The number of pyridine rings is 2. The number of hydrogen-bond donors (Lipinski definition) is 0. The Balaban J connectivity index is 1.41. The first-order valence-corrected chi connectivity index (χ1v) is 12.1. The molecule has 0 bridgehead atoms. The van der Waals surface area contributed by atoms with Crippen LogP contribution in [0.1, 0.15) is 35.5 Å². The highest BCUT2D eigenvalue weighted by Gasteiger charge is 2.32. The minimum Gasteiger partial charge on any atom is -0.496 e. The Morgan fingerprint density at radius 3 is 2.43 bits per heavy atom. The van der Waals surface area contributed by atoms with E-state index >= 15 is 0 Å². The van der Waals surface area contributed by atoms with Gasteiger partial charge >= 0.3 is 6.18 Å². The van der Waals surface area contributed by atoms with Crippen LogP contribution in [0.4, 0.5) is 13.2 Å². The van der Waals surface area contributed by atoms with Gasteiger partial charge in [0.25, 0.3) is 0 Å². The molecule has 9 heteroatoms. The number of alkyl halides is 3. The van der Waals surface area contributed by atoms with Crippen molar-refractivity contribution < 1.29 is 22.6 Å². The molecule has 192 valence electrons. The number of imidazole rings is 1. The lowest BCUT2D eigenvalue weighted by Crippen LogP contribution is -2.08. The van der Waals surface area contributed by atoms with Crippen molar-refractivity contribution in [3.63, 3.8) is 0 Å². The van der Waals surface area contributed by atoms with Crippen molar-refractivity contribution in [2.75, 3.05) is 7.11 Å². The number of benzene rings is 1. The lowest BCUT2D eigenvalue weighted by Gasteiger charge is -2.12. The topological polar surface area (TPSA) is 62.1 Å². The molecule has 0 amide bonds.